The van der Waals surface area contributed by atoms with Crippen LogP contribution in [0.5, 0.6) is 17.2 Å². The Morgan fingerprint density at radius 3 is 2.72 bits per heavy atom. The van der Waals surface area contributed by atoms with Crippen molar-refractivity contribution in [3.63, 3.8) is 0 Å². The molecule has 126 valence electrons. The van der Waals surface area contributed by atoms with E-state index in [0.29, 0.717) is 34.5 Å². The van der Waals surface area contributed by atoms with E-state index in [1.54, 1.807) is 25.3 Å². The van der Waals surface area contributed by atoms with E-state index in [9.17, 15) is 0 Å². The first kappa shape index (κ1) is 16.3. The van der Waals surface area contributed by atoms with E-state index in [-0.39, 0.29) is 6.61 Å². The van der Waals surface area contributed by atoms with Crippen LogP contribution in [0, 0.1) is 11.3 Å². The number of methoxy groups -OCH3 is 2. The molecular formula is C18H15N3O4. The molecule has 7 nitrogen and oxygen atoms in total. The third-order valence-corrected chi connectivity index (χ3v) is 3.44. The van der Waals surface area contributed by atoms with E-state index in [0.717, 1.165) is 5.56 Å². The lowest BCUT2D eigenvalue weighted by Gasteiger charge is -2.08. The first-order valence-corrected chi connectivity index (χ1v) is 7.41. The van der Waals surface area contributed by atoms with Crippen LogP contribution in [0.25, 0.3) is 11.4 Å². The van der Waals surface area contributed by atoms with Crippen molar-refractivity contribution >= 4 is 0 Å². The maximum atomic E-state index is 8.92. The molecule has 0 radical (unpaired) electrons. The average molecular weight is 337 g/mol. The summed E-state index contributed by atoms with van der Waals surface area (Å²) in [7, 11) is 3.11. The Bertz CT molecular complexity index is 915. The minimum Gasteiger partial charge on any atom is -0.497 e. The highest BCUT2D eigenvalue weighted by Crippen LogP contribution is 2.28. The lowest BCUT2D eigenvalue weighted by molar-refractivity contribution is 0.233. The number of nitrogens with zero attached hydrogens (tertiary/aromatic N) is 3. The zero-order chi connectivity index (χ0) is 17.6. The molecule has 1 heterocycles. The van der Waals surface area contributed by atoms with Crippen molar-refractivity contribution in [1.82, 2.24) is 10.1 Å². The largest absolute Gasteiger partial charge is 0.497 e. The summed E-state index contributed by atoms with van der Waals surface area (Å²) in [5.41, 5.74) is 1.27. The summed E-state index contributed by atoms with van der Waals surface area (Å²) in [4.78, 5) is 4.31. The van der Waals surface area contributed by atoms with E-state index in [1.807, 2.05) is 30.3 Å². The Morgan fingerprint density at radius 1 is 1.08 bits per heavy atom. The molecule has 0 aliphatic carbocycles. The van der Waals surface area contributed by atoms with E-state index in [4.69, 9.17) is 24.0 Å². The van der Waals surface area contributed by atoms with Crippen molar-refractivity contribution in [2.45, 2.75) is 6.61 Å². The standard InChI is InChI=1S/C18H15N3O4/c1-22-14-5-3-4-13(9-14)18-20-17(25-21-18)11-24-15-7-6-12(10-19)8-16(15)23-2/h3-9H,11H2,1-2H3. The molecule has 0 fully saturated rings. The number of nitriles is 1. The van der Waals surface area contributed by atoms with Crippen LogP contribution in [0.2, 0.25) is 0 Å². The molecule has 0 aliphatic rings. The smallest absolute Gasteiger partial charge is 0.264 e. The zero-order valence-electron chi connectivity index (χ0n) is 13.7. The fraction of sp³-hybridized carbons (Fsp3) is 0.167. The van der Waals surface area contributed by atoms with Gasteiger partial charge in [-0.3, -0.25) is 0 Å². The fourth-order valence-corrected chi connectivity index (χ4v) is 2.19. The molecule has 0 amide bonds. The van der Waals surface area contributed by atoms with Gasteiger partial charge in [0.2, 0.25) is 5.82 Å². The molecule has 25 heavy (non-hydrogen) atoms. The van der Waals surface area contributed by atoms with Crippen LogP contribution in [-0.4, -0.2) is 24.4 Å². The summed E-state index contributed by atoms with van der Waals surface area (Å²) in [6.07, 6.45) is 0. The highest BCUT2D eigenvalue weighted by Gasteiger charge is 2.12. The summed E-state index contributed by atoms with van der Waals surface area (Å²) >= 11 is 0. The second-order valence-electron chi connectivity index (χ2n) is 5.01. The normalized spacial score (nSPS) is 10.1. The third-order valence-electron chi connectivity index (χ3n) is 3.44. The number of aromatic nitrogens is 2. The maximum Gasteiger partial charge on any atom is 0.264 e. The van der Waals surface area contributed by atoms with Gasteiger partial charge >= 0.3 is 0 Å². The first-order valence-electron chi connectivity index (χ1n) is 7.41. The molecule has 0 atom stereocenters. The van der Waals surface area contributed by atoms with E-state index < -0.39 is 0 Å². The maximum absolute atomic E-state index is 8.92. The molecule has 0 saturated heterocycles. The number of ether oxygens (including phenoxy) is 3. The minimum absolute atomic E-state index is 0.0826. The van der Waals surface area contributed by atoms with Crippen LogP contribution in [0.15, 0.2) is 47.0 Å². The van der Waals surface area contributed by atoms with E-state index in [2.05, 4.69) is 10.1 Å². The molecule has 2 aromatic carbocycles. The van der Waals surface area contributed by atoms with Crippen molar-refractivity contribution in [1.29, 1.82) is 5.26 Å². The summed E-state index contributed by atoms with van der Waals surface area (Å²) in [5, 5.41) is 12.9. The highest BCUT2D eigenvalue weighted by atomic mass is 16.5. The molecule has 0 N–H and O–H groups in total. The third kappa shape index (κ3) is 3.70. The Balaban J connectivity index is 1.73. The van der Waals surface area contributed by atoms with Crippen LogP contribution >= 0.6 is 0 Å². The van der Waals surface area contributed by atoms with Crippen molar-refractivity contribution in [3.8, 4) is 34.7 Å². The van der Waals surface area contributed by atoms with Crippen molar-refractivity contribution < 1.29 is 18.7 Å². The van der Waals surface area contributed by atoms with Crippen LogP contribution in [0.1, 0.15) is 11.5 Å². The van der Waals surface area contributed by atoms with Gasteiger partial charge < -0.3 is 18.7 Å². The summed E-state index contributed by atoms with van der Waals surface area (Å²) in [6.45, 7) is 0.0826. The second kappa shape index (κ2) is 7.36. The van der Waals surface area contributed by atoms with Gasteiger partial charge in [0.15, 0.2) is 18.1 Å². The molecule has 0 bridgehead atoms. The summed E-state index contributed by atoms with van der Waals surface area (Å²) in [5.74, 6) is 2.44. The Hall–Kier alpha value is -3.53. The molecule has 0 unspecified atom stereocenters. The van der Waals surface area contributed by atoms with Gasteiger partial charge in [-0.2, -0.15) is 10.2 Å². The second-order valence-corrected chi connectivity index (χ2v) is 5.01. The van der Waals surface area contributed by atoms with Crippen molar-refractivity contribution in [3.05, 3.63) is 53.9 Å². The lowest BCUT2D eigenvalue weighted by atomic mass is 10.2. The average Bonchev–Trinajstić information content (AvgIpc) is 3.15. The van der Waals surface area contributed by atoms with Gasteiger partial charge in [0.25, 0.3) is 5.89 Å². The van der Waals surface area contributed by atoms with Crippen LogP contribution < -0.4 is 14.2 Å². The van der Waals surface area contributed by atoms with Gasteiger partial charge in [0, 0.05) is 11.6 Å². The predicted octanol–water partition coefficient (Wildman–Crippen LogP) is 3.20. The van der Waals surface area contributed by atoms with Gasteiger partial charge in [0.05, 0.1) is 25.9 Å². The molecule has 3 aromatic rings. The van der Waals surface area contributed by atoms with Gasteiger partial charge in [-0.15, -0.1) is 0 Å². The molecule has 1 aromatic heterocycles. The molecule has 3 rings (SSSR count). The quantitative estimate of drug-likeness (QED) is 0.682. The minimum atomic E-state index is 0.0826. The number of benzene rings is 2. The monoisotopic (exact) mass is 337 g/mol. The molecule has 0 saturated carbocycles. The van der Waals surface area contributed by atoms with Gasteiger partial charge in [0.1, 0.15) is 5.75 Å². The predicted molar refractivity (Wildman–Crippen MR) is 88.3 cm³/mol. The number of hydrogen-bond acceptors (Lipinski definition) is 7. The number of rotatable bonds is 6. The summed E-state index contributed by atoms with van der Waals surface area (Å²) in [6, 6.07) is 14.3. The Kier molecular flexibility index (Phi) is 4.81. The molecular weight excluding hydrogens is 322 g/mol. The lowest BCUT2D eigenvalue weighted by Crippen LogP contribution is -1.98. The van der Waals surface area contributed by atoms with Crippen LogP contribution in [0.3, 0.4) is 0 Å². The van der Waals surface area contributed by atoms with Gasteiger partial charge in [-0.1, -0.05) is 17.3 Å². The fourth-order valence-electron chi connectivity index (χ4n) is 2.19. The van der Waals surface area contributed by atoms with Crippen molar-refractivity contribution in [2.24, 2.45) is 0 Å². The SMILES string of the molecule is COc1cccc(-c2noc(COc3ccc(C#N)cc3OC)n2)c1. The Morgan fingerprint density at radius 2 is 1.96 bits per heavy atom. The van der Waals surface area contributed by atoms with Crippen molar-refractivity contribution in [2.75, 3.05) is 14.2 Å². The van der Waals surface area contributed by atoms with E-state index >= 15 is 0 Å². The van der Waals surface area contributed by atoms with Gasteiger partial charge in [-0.25, -0.2) is 0 Å². The van der Waals surface area contributed by atoms with Crippen LogP contribution in [0.4, 0.5) is 0 Å². The van der Waals surface area contributed by atoms with Gasteiger partial charge in [-0.05, 0) is 24.3 Å². The molecule has 7 heteroatoms. The topological polar surface area (TPSA) is 90.4 Å². The zero-order valence-corrected chi connectivity index (χ0v) is 13.7. The van der Waals surface area contributed by atoms with E-state index in [1.165, 1.54) is 7.11 Å². The first-order chi connectivity index (χ1) is 12.2. The summed E-state index contributed by atoms with van der Waals surface area (Å²) < 4.78 is 21.3. The highest BCUT2D eigenvalue weighted by molar-refractivity contribution is 5.56. The number of hydrogen-bond donors (Lipinski definition) is 0. The Labute approximate surface area is 144 Å². The van der Waals surface area contributed by atoms with Crippen LogP contribution in [-0.2, 0) is 6.61 Å². The molecule has 0 aliphatic heterocycles. The molecule has 0 spiro atoms.